The van der Waals surface area contributed by atoms with Gasteiger partial charge in [-0.2, -0.15) is 0 Å². The lowest BCUT2D eigenvalue weighted by Crippen LogP contribution is -3.13. The van der Waals surface area contributed by atoms with Crippen LogP contribution >= 0.6 is 0 Å². The van der Waals surface area contributed by atoms with Gasteiger partial charge < -0.3 is 14.5 Å². The van der Waals surface area contributed by atoms with Crippen molar-refractivity contribution in [3.8, 4) is 5.75 Å². The molecule has 0 unspecified atom stereocenters. The first kappa shape index (κ1) is 18.1. The number of nitrogens with one attached hydrogen (secondary N) is 1. The van der Waals surface area contributed by atoms with Crippen LogP contribution in [0.4, 0.5) is 0 Å². The highest BCUT2D eigenvalue weighted by molar-refractivity contribution is 5.94. The van der Waals surface area contributed by atoms with Crippen molar-refractivity contribution in [2.24, 2.45) is 0 Å². The molecular formula is C21H25N2O3+. The molecule has 1 saturated heterocycles. The molecule has 0 radical (unpaired) electrons. The average Bonchev–Trinajstić information content (AvgIpc) is 2.68. The van der Waals surface area contributed by atoms with Crippen LogP contribution in [-0.2, 0) is 6.54 Å². The Morgan fingerprint density at radius 2 is 1.73 bits per heavy atom. The topological polar surface area (TPSA) is 51.1 Å². The molecule has 0 aliphatic carbocycles. The Balaban J connectivity index is 1.63. The van der Waals surface area contributed by atoms with Gasteiger partial charge in [0.05, 0.1) is 33.3 Å². The maximum Gasteiger partial charge on any atom is 0.254 e. The lowest BCUT2D eigenvalue weighted by atomic mass is 10.1. The van der Waals surface area contributed by atoms with Crippen LogP contribution in [0.3, 0.4) is 0 Å². The second-order valence-electron chi connectivity index (χ2n) is 6.67. The number of methoxy groups -OCH3 is 1. The molecule has 5 nitrogen and oxygen atoms in total. The number of quaternary nitrogens is 1. The van der Waals surface area contributed by atoms with Crippen molar-refractivity contribution in [3.63, 3.8) is 0 Å². The number of rotatable bonds is 5. The molecule has 26 heavy (non-hydrogen) atoms. The Hall–Kier alpha value is -2.66. The number of ether oxygens (including phenoxy) is 1. The summed E-state index contributed by atoms with van der Waals surface area (Å²) in [6, 6.07) is 15.0. The molecule has 1 heterocycles. The van der Waals surface area contributed by atoms with Crippen molar-refractivity contribution in [1.29, 1.82) is 0 Å². The van der Waals surface area contributed by atoms with E-state index in [1.807, 2.05) is 47.4 Å². The highest BCUT2D eigenvalue weighted by atomic mass is 16.5. The standard InChI is InChI=1S/C21H24N2O3/c1-16(24)18-8-9-20(26-2)19(14-18)15-22-10-12-23(13-11-22)21(25)17-6-4-3-5-7-17/h3-9,14H,10-13,15H2,1-2H3/p+1. The van der Waals surface area contributed by atoms with E-state index in [9.17, 15) is 9.59 Å². The van der Waals surface area contributed by atoms with Crippen molar-refractivity contribution in [3.05, 3.63) is 65.2 Å². The average molecular weight is 353 g/mol. The zero-order chi connectivity index (χ0) is 18.5. The third-order valence-corrected chi connectivity index (χ3v) is 4.91. The molecule has 0 bridgehead atoms. The number of hydrogen-bond acceptors (Lipinski definition) is 3. The lowest BCUT2D eigenvalue weighted by molar-refractivity contribution is -0.917. The Labute approximate surface area is 154 Å². The minimum Gasteiger partial charge on any atom is -0.496 e. The first-order chi connectivity index (χ1) is 12.6. The van der Waals surface area contributed by atoms with Gasteiger partial charge in [0, 0.05) is 16.7 Å². The van der Waals surface area contributed by atoms with Gasteiger partial charge in [-0.25, -0.2) is 0 Å². The van der Waals surface area contributed by atoms with Gasteiger partial charge in [0.1, 0.15) is 12.3 Å². The van der Waals surface area contributed by atoms with Crippen LogP contribution in [0, 0.1) is 0 Å². The van der Waals surface area contributed by atoms with Crippen molar-refractivity contribution in [2.75, 3.05) is 33.3 Å². The quantitative estimate of drug-likeness (QED) is 0.828. The summed E-state index contributed by atoms with van der Waals surface area (Å²) in [5.41, 5.74) is 2.49. The van der Waals surface area contributed by atoms with Crippen LogP contribution in [0.5, 0.6) is 5.75 Å². The SMILES string of the molecule is COc1ccc(C(C)=O)cc1C[NH+]1CCN(C(=O)c2ccccc2)CC1. The van der Waals surface area contributed by atoms with E-state index in [0.717, 1.165) is 49.6 Å². The summed E-state index contributed by atoms with van der Waals surface area (Å²) in [6.07, 6.45) is 0. The third kappa shape index (κ3) is 4.11. The van der Waals surface area contributed by atoms with Gasteiger partial charge in [-0.1, -0.05) is 18.2 Å². The number of nitrogens with zero attached hydrogens (tertiary/aromatic N) is 1. The maximum atomic E-state index is 12.5. The molecule has 1 N–H and O–H groups in total. The third-order valence-electron chi connectivity index (χ3n) is 4.91. The normalized spacial score (nSPS) is 14.9. The monoisotopic (exact) mass is 353 g/mol. The Morgan fingerprint density at radius 1 is 1.04 bits per heavy atom. The van der Waals surface area contributed by atoms with E-state index in [2.05, 4.69) is 0 Å². The van der Waals surface area contributed by atoms with Crippen LogP contribution in [0.1, 0.15) is 33.2 Å². The summed E-state index contributed by atoms with van der Waals surface area (Å²) >= 11 is 0. The summed E-state index contributed by atoms with van der Waals surface area (Å²) in [5.74, 6) is 0.966. The van der Waals surface area contributed by atoms with Gasteiger partial charge in [0.2, 0.25) is 0 Å². The van der Waals surface area contributed by atoms with E-state index >= 15 is 0 Å². The fourth-order valence-corrected chi connectivity index (χ4v) is 3.37. The molecule has 0 saturated carbocycles. The van der Waals surface area contributed by atoms with Crippen molar-refractivity contribution in [1.82, 2.24) is 4.90 Å². The predicted octanol–water partition coefficient (Wildman–Crippen LogP) is 1.44. The summed E-state index contributed by atoms with van der Waals surface area (Å²) in [7, 11) is 1.65. The van der Waals surface area contributed by atoms with Gasteiger partial charge in [-0.3, -0.25) is 9.59 Å². The van der Waals surface area contributed by atoms with Crippen molar-refractivity contribution >= 4 is 11.7 Å². The van der Waals surface area contributed by atoms with E-state index in [4.69, 9.17) is 4.74 Å². The van der Waals surface area contributed by atoms with E-state index in [1.165, 1.54) is 4.90 Å². The fraction of sp³-hybridized carbons (Fsp3) is 0.333. The highest BCUT2D eigenvalue weighted by Gasteiger charge is 2.25. The van der Waals surface area contributed by atoms with E-state index in [-0.39, 0.29) is 11.7 Å². The van der Waals surface area contributed by atoms with Gasteiger partial charge in [0.15, 0.2) is 5.78 Å². The molecular weight excluding hydrogens is 328 g/mol. The lowest BCUT2D eigenvalue weighted by Gasteiger charge is -2.32. The zero-order valence-electron chi connectivity index (χ0n) is 15.3. The van der Waals surface area contributed by atoms with E-state index in [1.54, 1.807) is 20.1 Å². The Morgan fingerprint density at radius 3 is 2.35 bits per heavy atom. The molecule has 136 valence electrons. The van der Waals surface area contributed by atoms with Gasteiger partial charge in [0.25, 0.3) is 5.91 Å². The molecule has 0 aromatic heterocycles. The van der Waals surface area contributed by atoms with E-state index < -0.39 is 0 Å². The molecule has 1 aliphatic heterocycles. The number of Topliss-reactive ketones (excluding diaryl/α,β-unsaturated/α-hetero) is 1. The van der Waals surface area contributed by atoms with Crippen molar-refractivity contribution < 1.29 is 19.2 Å². The van der Waals surface area contributed by atoms with Crippen molar-refractivity contribution in [2.45, 2.75) is 13.5 Å². The highest BCUT2D eigenvalue weighted by Crippen LogP contribution is 2.19. The molecule has 1 amide bonds. The number of carbonyl (C=O) groups is 2. The van der Waals surface area contributed by atoms with E-state index in [0.29, 0.717) is 5.56 Å². The Bertz CT molecular complexity index is 781. The minimum absolute atomic E-state index is 0.0576. The summed E-state index contributed by atoms with van der Waals surface area (Å²) in [5, 5.41) is 0. The number of ketones is 1. The maximum absolute atomic E-state index is 12.5. The first-order valence-electron chi connectivity index (χ1n) is 8.94. The predicted molar refractivity (Wildman–Crippen MR) is 99.7 cm³/mol. The minimum atomic E-state index is 0.0576. The molecule has 1 aliphatic rings. The Kier molecular flexibility index (Phi) is 5.68. The number of hydrogen-bond donors (Lipinski definition) is 1. The summed E-state index contributed by atoms with van der Waals surface area (Å²) in [6.45, 7) is 5.59. The van der Waals surface area contributed by atoms with Crippen LogP contribution in [-0.4, -0.2) is 49.9 Å². The molecule has 2 aromatic carbocycles. The number of carbonyl (C=O) groups excluding carboxylic acids is 2. The van der Waals surface area contributed by atoms with Gasteiger partial charge in [-0.15, -0.1) is 0 Å². The summed E-state index contributed by atoms with van der Waals surface area (Å²) in [4.78, 5) is 27.5. The number of amides is 1. The first-order valence-corrected chi connectivity index (χ1v) is 8.94. The smallest absolute Gasteiger partial charge is 0.254 e. The molecule has 5 heteroatoms. The second kappa shape index (κ2) is 8.15. The molecule has 2 aromatic rings. The second-order valence-corrected chi connectivity index (χ2v) is 6.67. The molecule has 1 fully saturated rings. The van der Waals surface area contributed by atoms with Crippen LogP contribution in [0.2, 0.25) is 0 Å². The van der Waals surface area contributed by atoms with Crippen LogP contribution in [0.15, 0.2) is 48.5 Å². The van der Waals surface area contributed by atoms with Gasteiger partial charge >= 0.3 is 0 Å². The molecule has 0 spiro atoms. The van der Waals surface area contributed by atoms with Crippen LogP contribution < -0.4 is 9.64 Å². The fourth-order valence-electron chi connectivity index (χ4n) is 3.37. The van der Waals surface area contributed by atoms with Crippen LogP contribution in [0.25, 0.3) is 0 Å². The largest absolute Gasteiger partial charge is 0.496 e. The zero-order valence-corrected chi connectivity index (χ0v) is 15.3. The summed E-state index contributed by atoms with van der Waals surface area (Å²) < 4.78 is 5.45. The number of piperazine rings is 1. The van der Waals surface area contributed by atoms with Gasteiger partial charge in [-0.05, 0) is 37.3 Å². The number of benzene rings is 2. The molecule has 3 rings (SSSR count). The molecule has 0 atom stereocenters.